The Morgan fingerprint density at radius 1 is 1.21 bits per heavy atom. The average molecular weight is 456 g/mol. The second-order valence-electron chi connectivity index (χ2n) is 7.34. The number of nitrogens with zero attached hydrogens (tertiary/aromatic N) is 5. The lowest BCUT2D eigenvalue weighted by molar-refractivity contribution is 0.0580. The van der Waals surface area contributed by atoms with Crippen LogP contribution >= 0.6 is 15.9 Å². The van der Waals surface area contributed by atoms with Crippen molar-refractivity contribution in [2.45, 2.75) is 32.4 Å². The van der Waals surface area contributed by atoms with Crippen molar-refractivity contribution in [3.63, 3.8) is 0 Å². The van der Waals surface area contributed by atoms with Crippen LogP contribution in [-0.2, 0) is 0 Å². The minimum absolute atomic E-state index is 0.0357. The molecule has 0 bridgehead atoms. The predicted octanol–water partition coefficient (Wildman–Crippen LogP) is 3.74. The van der Waals surface area contributed by atoms with Gasteiger partial charge in [-0.15, -0.1) is 0 Å². The van der Waals surface area contributed by atoms with E-state index in [4.69, 9.17) is 4.74 Å². The van der Waals surface area contributed by atoms with Crippen LogP contribution in [0.5, 0.6) is 5.88 Å². The van der Waals surface area contributed by atoms with Crippen LogP contribution in [-0.4, -0.2) is 49.5 Å². The predicted molar refractivity (Wildman–Crippen MR) is 112 cm³/mol. The maximum atomic E-state index is 13.5. The summed E-state index contributed by atoms with van der Waals surface area (Å²) < 4.78 is 6.96. The molecule has 0 N–H and O–H groups in total. The third-order valence-electron chi connectivity index (χ3n) is 5.13. The Kier molecular flexibility index (Phi) is 5.62. The first kappa shape index (κ1) is 19.6. The molecule has 8 heteroatoms. The minimum atomic E-state index is -0.187. The van der Waals surface area contributed by atoms with Gasteiger partial charge in [-0.05, 0) is 53.4 Å². The van der Waals surface area contributed by atoms with Crippen LogP contribution in [0.2, 0.25) is 0 Å². The molecule has 2 aromatic heterocycles. The van der Waals surface area contributed by atoms with Gasteiger partial charge in [-0.3, -0.25) is 4.79 Å². The third-order valence-corrected chi connectivity index (χ3v) is 5.60. The van der Waals surface area contributed by atoms with Crippen LogP contribution in [0.1, 0.15) is 30.6 Å². The van der Waals surface area contributed by atoms with Crippen LogP contribution in [0.25, 0.3) is 5.69 Å². The maximum Gasteiger partial charge on any atom is 0.256 e. The second kappa shape index (κ2) is 8.32. The van der Waals surface area contributed by atoms with Gasteiger partial charge < -0.3 is 9.64 Å². The van der Waals surface area contributed by atoms with Crippen molar-refractivity contribution in [3.8, 4) is 11.6 Å². The molecule has 1 amide bonds. The number of ether oxygens (including phenoxy) is 1. The standard InChI is InChI=1S/C21H22BrN5O2/c1-14-11-19(15(2)29-20-8-7-16(22)12-23-20)26(13-14)21(28)17-5-3-4-6-18(17)27-24-9-10-25-27/h3-10,12,14-15,19H,11,13H2,1-2H3. The van der Waals surface area contributed by atoms with E-state index in [1.807, 2.05) is 48.2 Å². The number of para-hydroxylation sites is 1. The Labute approximate surface area is 177 Å². The number of carbonyl (C=O) groups excluding carboxylic acids is 1. The van der Waals surface area contributed by atoms with Gasteiger partial charge in [0.05, 0.1) is 29.7 Å². The van der Waals surface area contributed by atoms with E-state index in [1.54, 1.807) is 18.6 Å². The summed E-state index contributed by atoms with van der Waals surface area (Å²) in [5.74, 6) is 0.906. The number of hydrogen-bond acceptors (Lipinski definition) is 5. The molecule has 1 aromatic carbocycles. The van der Waals surface area contributed by atoms with Gasteiger partial charge in [0.15, 0.2) is 0 Å². The fourth-order valence-electron chi connectivity index (χ4n) is 3.79. The van der Waals surface area contributed by atoms with Gasteiger partial charge in [-0.1, -0.05) is 19.1 Å². The molecular formula is C21H22BrN5O2. The smallest absolute Gasteiger partial charge is 0.256 e. The summed E-state index contributed by atoms with van der Waals surface area (Å²) >= 11 is 3.38. The van der Waals surface area contributed by atoms with Crippen LogP contribution in [0.3, 0.4) is 0 Å². The molecular weight excluding hydrogens is 434 g/mol. The summed E-state index contributed by atoms with van der Waals surface area (Å²) in [5, 5.41) is 8.37. The zero-order valence-corrected chi connectivity index (χ0v) is 17.9. The second-order valence-corrected chi connectivity index (χ2v) is 8.25. The van der Waals surface area contributed by atoms with Crippen molar-refractivity contribution >= 4 is 21.8 Å². The lowest BCUT2D eigenvalue weighted by Crippen LogP contribution is -2.44. The first-order chi connectivity index (χ1) is 14.0. The van der Waals surface area contributed by atoms with Gasteiger partial charge in [-0.2, -0.15) is 15.0 Å². The van der Waals surface area contributed by atoms with Gasteiger partial charge in [0, 0.05) is 23.3 Å². The van der Waals surface area contributed by atoms with E-state index < -0.39 is 0 Å². The number of aromatic nitrogens is 4. The lowest BCUT2D eigenvalue weighted by atomic mass is 10.0. The molecule has 3 unspecified atom stereocenters. The van der Waals surface area contributed by atoms with Crippen LogP contribution in [0, 0.1) is 5.92 Å². The molecule has 3 atom stereocenters. The molecule has 0 radical (unpaired) electrons. The van der Waals surface area contributed by atoms with E-state index in [-0.39, 0.29) is 18.1 Å². The number of benzene rings is 1. The summed E-state index contributed by atoms with van der Waals surface area (Å²) in [6, 6.07) is 11.1. The summed E-state index contributed by atoms with van der Waals surface area (Å²) in [5.41, 5.74) is 1.25. The quantitative estimate of drug-likeness (QED) is 0.585. The van der Waals surface area contributed by atoms with Gasteiger partial charge in [0.25, 0.3) is 5.91 Å². The fraction of sp³-hybridized carbons (Fsp3) is 0.333. The number of halogens is 1. The van der Waals surface area contributed by atoms with Crippen LogP contribution < -0.4 is 4.74 Å². The zero-order valence-electron chi connectivity index (χ0n) is 16.3. The normalized spacial score (nSPS) is 19.9. The van der Waals surface area contributed by atoms with Crippen molar-refractivity contribution in [3.05, 3.63) is 65.0 Å². The molecule has 150 valence electrons. The molecule has 1 saturated heterocycles. The number of hydrogen-bond donors (Lipinski definition) is 0. The van der Waals surface area contributed by atoms with E-state index in [9.17, 15) is 4.79 Å². The molecule has 29 heavy (non-hydrogen) atoms. The molecule has 1 aliphatic heterocycles. The fourth-order valence-corrected chi connectivity index (χ4v) is 4.02. The monoisotopic (exact) mass is 455 g/mol. The Morgan fingerprint density at radius 3 is 2.69 bits per heavy atom. The van der Waals surface area contributed by atoms with Crippen molar-refractivity contribution in [2.24, 2.45) is 5.92 Å². The van der Waals surface area contributed by atoms with Crippen molar-refractivity contribution < 1.29 is 9.53 Å². The van der Waals surface area contributed by atoms with Gasteiger partial charge >= 0.3 is 0 Å². The Balaban J connectivity index is 1.58. The van der Waals surface area contributed by atoms with E-state index in [0.29, 0.717) is 29.6 Å². The highest BCUT2D eigenvalue weighted by Crippen LogP contribution is 2.30. The molecule has 1 aliphatic rings. The third kappa shape index (κ3) is 4.17. The Hall–Kier alpha value is -2.74. The number of likely N-dealkylation sites (tertiary alicyclic amines) is 1. The molecule has 1 fully saturated rings. The zero-order chi connectivity index (χ0) is 20.4. The van der Waals surface area contributed by atoms with Crippen LogP contribution in [0.15, 0.2) is 59.5 Å². The molecule has 0 saturated carbocycles. The molecule has 0 aliphatic carbocycles. The maximum absolute atomic E-state index is 13.5. The van der Waals surface area contributed by atoms with Crippen LogP contribution in [0.4, 0.5) is 0 Å². The topological polar surface area (TPSA) is 73.1 Å². The van der Waals surface area contributed by atoms with Crippen molar-refractivity contribution in [2.75, 3.05) is 6.54 Å². The van der Waals surface area contributed by atoms with E-state index in [2.05, 4.69) is 38.0 Å². The van der Waals surface area contributed by atoms with Crippen molar-refractivity contribution in [1.82, 2.24) is 24.9 Å². The number of carbonyl (C=O) groups is 1. The SMILES string of the molecule is CC1CC(C(C)Oc2ccc(Br)cn2)N(C(=O)c2ccccc2-n2nccn2)C1. The summed E-state index contributed by atoms with van der Waals surface area (Å²) in [6.45, 7) is 4.84. The average Bonchev–Trinajstić information content (AvgIpc) is 3.39. The highest BCUT2D eigenvalue weighted by atomic mass is 79.9. The number of rotatable bonds is 5. The largest absolute Gasteiger partial charge is 0.472 e. The highest BCUT2D eigenvalue weighted by Gasteiger charge is 2.38. The van der Waals surface area contributed by atoms with Gasteiger partial charge in [-0.25, -0.2) is 4.98 Å². The van der Waals surface area contributed by atoms with Gasteiger partial charge in [0.2, 0.25) is 5.88 Å². The first-order valence-electron chi connectivity index (χ1n) is 9.58. The molecule has 0 spiro atoms. The molecule has 3 aromatic rings. The van der Waals surface area contributed by atoms with E-state index in [0.717, 1.165) is 10.9 Å². The Bertz CT molecular complexity index is 977. The lowest BCUT2D eigenvalue weighted by Gasteiger charge is -2.30. The minimum Gasteiger partial charge on any atom is -0.472 e. The summed E-state index contributed by atoms with van der Waals surface area (Å²) in [6.07, 6.45) is 5.60. The Morgan fingerprint density at radius 2 is 1.97 bits per heavy atom. The van der Waals surface area contributed by atoms with Crippen molar-refractivity contribution in [1.29, 1.82) is 0 Å². The summed E-state index contributed by atoms with van der Waals surface area (Å²) in [7, 11) is 0. The number of amides is 1. The molecule has 7 nitrogen and oxygen atoms in total. The van der Waals surface area contributed by atoms with E-state index >= 15 is 0 Å². The molecule has 3 heterocycles. The molecule has 4 rings (SSSR count). The number of pyridine rings is 1. The first-order valence-corrected chi connectivity index (χ1v) is 10.4. The highest BCUT2D eigenvalue weighted by molar-refractivity contribution is 9.10. The van der Waals surface area contributed by atoms with E-state index in [1.165, 1.54) is 4.80 Å². The van der Waals surface area contributed by atoms with Gasteiger partial charge in [0.1, 0.15) is 6.10 Å². The summed E-state index contributed by atoms with van der Waals surface area (Å²) in [4.78, 5) is 21.2.